The fourth-order valence-electron chi connectivity index (χ4n) is 4.88. The summed E-state index contributed by atoms with van der Waals surface area (Å²) in [7, 11) is 0. The van der Waals surface area contributed by atoms with Crippen LogP contribution in [0.2, 0.25) is 0 Å². The van der Waals surface area contributed by atoms with E-state index in [1.807, 2.05) is 0 Å². The van der Waals surface area contributed by atoms with Gasteiger partial charge in [-0.1, -0.05) is 11.6 Å². The van der Waals surface area contributed by atoms with Gasteiger partial charge in [-0.3, -0.25) is 19.8 Å². The number of nitrogens with zero attached hydrogens (tertiary/aromatic N) is 4. The highest BCUT2D eigenvalue weighted by Gasteiger charge is 2.35. The van der Waals surface area contributed by atoms with Gasteiger partial charge in [-0.25, -0.2) is 5.43 Å². The Hall–Kier alpha value is -3.46. The minimum absolute atomic E-state index is 0.210. The molecule has 0 saturated carbocycles. The molecule has 3 heterocycles. The molecule has 31 heavy (non-hydrogen) atoms. The van der Waals surface area contributed by atoms with Crippen LogP contribution in [0.15, 0.2) is 39.9 Å². The van der Waals surface area contributed by atoms with E-state index in [9.17, 15) is 14.9 Å². The van der Waals surface area contributed by atoms with Crippen LogP contribution in [0.25, 0.3) is 10.9 Å². The van der Waals surface area contributed by atoms with E-state index in [4.69, 9.17) is 4.42 Å². The third-order valence-electron chi connectivity index (χ3n) is 6.16. The zero-order chi connectivity index (χ0) is 21.5. The first-order valence-electron chi connectivity index (χ1n) is 10.4. The van der Waals surface area contributed by atoms with Crippen LogP contribution in [0.1, 0.15) is 41.5 Å². The molecule has 2 aliphatic rings. The zero-order valence-electron chi connectivity index (χ0n) is 17.2. The van der Waals surface area contributed by atoms with Crippen LogP contribution >= 0.6 is 0 Å². The Bertz CT molecular complexity index is 1210. The summed E-state index contributed by atoms with van der Waals surface area (Å²) in [4.78, 5) is 24.8. The van der Waals surface area contributed by atoms with Gasteiger partial charge in [-0.2, -0.15) is 5.10 Å². The Balaban J connectivity index is 1.30. The minimum atomic E-state index is -0.620. The Kier molecular flexibility index (Phi) is 4.82. The number of aryl methyl sites for hydroxylation is 2. The van der Waals surface area contributed by atoms with Gasteiger partial charge >= 0.3 is 5.88 Å². The number of benzene rings is 1. The molecule has 0 bridgehead atoms. The summed E-state index contributed by atoms with van der Waals surface area (Å²) in [5.41, 5.74) is 7.85. The van der Waals surface area contributed by atoms with Crippen molar-refractivity contribution >= 4 is 28.9 Å². The van der Waals surface area contributed by atoms with Gasteiger partial charge in [0, 0.05) is 29.7 Å². The maximum Gasteiger partial charge on any atom is 0.433 e. The molecule has 1 aliphatic heterocycles. The summed E-state index contributed by atoms with van der Waals surface area (Å²) in [5.74, 6) is -0.369. The van der Waals surface area contributed by atoms with Crippen molar-refractivity contribution in [3.63, 3.8) is 0 Å². The highest BCUT2D eigenvalue weighted by molar-refractivity contribution is 5.87. The standard InChI is InChI=1S/C22H23N5O4/c1-14-5-7-18-17(11-14)16-3-2-4-19-22(16)26(18)10-9-25(19)13-20(28)24-23-12-15-6-8-21(31-15)27(29)30/h5-8,11-12,19H,2-4,9-10,13H2,1H3,(H,24,28)/b23-12+. The molecule has 9 nitrogen and oxygen atoms in total. The molecule has 5 rings (SSSR count). The molecule has 1 unspecified atom stereocenters. The van der Waals surface area contributed by atoms with Crippen LogP contribution in [0, 0.1) is 17.0 Å². The number of rotatable bonds is 5. The first-order valence-corrected chi connectivity index (χ1v) is 10.4. The smallest absolute Gasteiger partial charge is 0.400 e. The van der Waals surface area contributed by atoms with E-state index < -0.39 is 4.92 Å². The van der Waals surface area contributed by atoms with Gasteiger partial charge < -0.3 is 8.98 Å². The first-order chi connectivity index (χ1) is 15.0. The average molecular weight is 421 g/mol. The van der Waals surface area contributed by atoms with Crippen molar-refractivity contribution in [2.45, 2.75) is 38.8 Å². The Morgan fingerprint density at radius 3 is 3.03 bits per heavy atom. The number of aromatic nitrogens is 1. The lowest BCUT2D eigenvalue weighted by Gasteiger charge is -2.39. The van der Waals surface area contributed by atoms with E-state index in [-0.39, 0.29) is 30.1 Å². The molecule has 9 heteroatoms. The summed E-state index contributed by atoms with van der Waals surface area (Å²) in [5, 5.41) is 15.9. The molecule has 1 aromatic carbocycles. The van der Waals surface area contributed by atoms with Crippen LogP contribution in [-0.2, 0) is 17.8 Å². The molecule has 160 valence electrons. The quantitative estimate of drug-likeness (QED) is 0.387. The van der Waals surface area contributed by atoms with Crippen molar-refractivity contribution < 1.29 is 14.1 Å². The molecule has 1 amide bonds. The number of nitro groups is 1. The lowest BCUT2D eigenvalue weighted by molar-refractivity contribution is -0.402. The number of fused-ring (bicyclic) bond motifs is 3. The van der Waals surface area contributed by atoms with Crippen LogP contribution in [0.3, 0.4) is 0 Å². The van der Waals surface area contributed by atoms with Crippen molar-refractivity contribution in [1.82, 2.24) is 14.9 Å². The molecule has 1 atom stereocenters. The van der Waals surface area contributed by atoms with Crippen LogP contribution < -0.4 is 5.43 Å². The first kappa shape index (κ1) is 19.5. The molecule has 0 fully saturated rings. The lowest BCUT2D eigenvalue weighted by atomic mass is 9.89. The fraction of sp³-hybridized carbons (Fsp3) is 0.364. The van der Waals surface area contributed by atoms with Crippen molar-refractivity contribution in [1.29, 1.82) is 0 Å². The average Bonchev–Trinajstić information content (AvgIpc) is 3.34. The van der Waals surface area contributed by atoms with Crippen LogP contribution in [-0.4, -0.2) is 39.6 Å². The Labute approximate surface area is 178 Å². The van der Waals surface area contributed by atoms with Crippen molar-refractivity contribution in [2.24, 2.45) is 5.10 Å². The zero-order valence-corrected chi connectivity index (χ0v) is 17.2. The van der Waals surface area contributed by atoms with Crippen LogP contribution in [0.5, 0.6) is 0 Å². The van der Waals surface area contributed by atoms with Crippen molar-refractivity contribution in [3.05, 3.63) is 63.0 Å². The predicted molar refractivity (Wildman–Crippen MR) is 115 cm³/mol. The predicted octanol–water partition coefficient (Wildman–Crippen LogP) is 3.29. The van der Waals surface area contributed by atoms with Gasteiger partial charge in [0.25, 0.3) is 5.91 Å². The maximum atomic E-state index is 12.5. The van der Waals surface area contributed by atoms with E-state index in [1.165, 1.54) is 46.1 Å². The second-order valence-electron chi connectivity index (χ2n) is 8.14. The summed E-state index contributed by atoms with van der Waals surface area (Å²) < 4.78 is 7.43. The second-order valence-corrected chi connectivity index (χ2v) is 8.14. The minimum Gasteiger partial charge on any atom is -0.400 e. The van der Waals surface area contributed by atoms with Gasteiger partial charge in [0.15, 0.2) is 5.76 Å². The molecular weight excluding hydrogens is 398 g/mol. The van der Waals surface area contributed by atoms with E-state index >= 15 is 0 Å². The van der Waals surface area contributed by atoms with Gasteiger partial charge in [0.2, 0.25) is 0 Å². The monoisotopic (exact) mass is 421 g/mol. The normalized spacial score (nSPS) is 18.4. The fourth-order valence-corrected chi connectivity index (χ4v) is 4.88. The molecule has 2 aromatic heterocycles. The van der Waals surface area contributed by atoms with Gasteiger partial charge in [-0.05, 0) is 49.9 Å². The largest absolute Gasteiger partial charge is 0.433 e. The van der Waals surface area contributed by atoms with E-state index in [2.05, 4.69) is 45.1 Å². The lowest BCUT2D eigenvalue weighted by Crippen LogP contribution is -2.44. The van der Waals surface area contributed by atoms with Gasteiger partial charge in [-0.15, -0.1) is 0 Å². The van der Waals surface area contributed by atoms with Crippen LogP contribution in [0.4, 0.5) is 5.88 Å². The summed E-state index contributed by atoms with van der Waals surface area (Å²) >= 11 is 0. The number of carbonyl (C=O) groups excluding carboxylic acids is 1. The molecular formula is C22H23N5O4. The second kappa shape index (κ2) is 7.66. The van der Waals surface area contributed by atoms with E-state index in [1.54, 1.807) is 0 Å². The SMILES string of the molecule is Cc1ccc2c(c1)c1c3n2CCN(CC(=O)N/N=C/c2ccc([N+](=O)[O-])o2)C3CCC1. The highest BCUT2D eigenvalue weighted by Crippen LogP contribution is 2.42. The third-order valence-corrected chi connectivity index (χ3v) is 6.16. The topological polar surface area (TPSA) is 106 Å². The van der Waals surface area contributed by atoms with Gasteiger partial charge in [0.05, 0.1) is 24.9 Å². The van der Waals surface area contributed by atoms with E-state index in [0.29, 0.717) is 0 Å². The number of hydrogen-bond acceptors (Lipinski definition) is 6. The molecule has 0 radical (unpaired) electrons. The van der Waals surface area contributed by atoms with Crippen molar-refractivity contribution in [3.8, 4) is 0 Å². The number of nitrogens with one attached hydrogen (secondary N) is 1. The molecule has 3 aromatic rings. The highest BCUT2D eigenvalue weighted by atomic mass is 16.6. The summed E-state index contributed by atoms with van der Waals surface area (Å²) in [6, 6.07) is 9.57. The number of hydrogen-bond donors (Lipinski definition) is 1. The number of amides is 1. The summed E-state index contributed by atoms with van der Waals surface area (Å²) in [6.45, 7) is 4.04. The molecule has 0 spiro atoms. The number of hydrazone groups is 1. The summed E-state index contributed by atoms with van der Waals surface area (Å²) in [6.07, 6.45) is 4.49. The van der Waals surface area contributed by atoms with E-state index in [0.717, 1.165) is 32.4 Å². The number of furan rings is 1. The maximum absolute atomic E-state index is 12.5. The molecule has 1 N–H and O–H groups in total. The Morgan fingerprint density at radius 1 is 1.35 bits per heavy atom. The third kappa shape index (κ3) is 3.50. The molecule has 0 saturated heterocycles. The van der Waals surface area contributed by atoms with Gasteiger partial charge in [0.1, 0.15) is 4.92 Å². The molecule has 1 aliphatic carbocycles. The number of carbonyl (C=O) groups is 1. The Morgan fingerprint density at radius 2 is 2.23 bits per heavy atom. The van der Waals surface area contributed by atoms with Crippen molar-refractivity contribution in [2.75, 3.05) is 13.1 Å².